The molecule has 0 unspecified atom stereocenters. The van der Waals surface area contributed by atoms with Crippen LogP contribution in [0.15, 0.2) is 11.6 Å². The Bertz CT molecular complexity index is 151. The lowest BCUT2D eigenvalue weighted by Gasteiger charge is -2.02. The highest BCUT2D eigenvalue weighted by Gasteiger charge is 1.98. The lowest BCUT2D eigenvalue weighted by atomic mass is 10.3. The average molecular weight is 145 g/mol. The van der Waals surface area contributed by atoms with E-state index in [2.05, 4.69) is 0 Å². The molecule has 0 aliphatic rings. The van der Waals surface area contributed by atoms with E-state index in [0.29, 0.717) is 0 Å². The highest BCUT2D eigenvalue weighted by molar-refractivity contribution is 5.85. The van der Waals surface area contributed by atoms with Crippen molar-refractivity contribution in [3.05, 3.63) is 11.6 Å². The highest BCUT2D eigenvalue weighted by Crippen LogP contribution is 1.91. The van der Waals surface area contributed by atoms with Crippen LogP contribution in [0.2, 0.25) is 0 Å². The Morgan fingerprint density at radius 2 is 2.20 bits per heavy atom. The van der Waals surface area contributed by atoms with Crippen molar-refractivity contribution in [2.45, 2.75) is 6.92 Å². The van der Waals surface area contributed by atoms with Crippen molar-refractivity contribution in [3.63, 3.8) is 0 Å². The van der Waals surface area contributed by atoms with Gasteiger partial charge in [0.25, 0.3) is 0 Å². The van der Waals surface area contributed by atoms with Gasteiger partial charge in [-0.15, -0.1) is 0 Å². The molecule has 0 radical (unpaired) electrons. The first-order chi connectivity index (χ1) is 4.54. The van der Waals surface area contributed by atoms with Crippen LogP contribution >= 0.6 is 0 Å². The van der Waals surface area contributed by atoms with Crippen molar-refractivity contribution in [1.82, 2.24) is 5.06 Å². The summed E-state index contributed by atoms with van der Waals surface area (Å²) in [6, 6.07) is 0. The SMILES string of the molecule is C/C(=C/CN(C)O)C(=O)O. The van der Waals surface area contributed by atoms with Crippen LogP contribution in [0.25, 0.3) is 0 Å². The first-order valence-corrected chi connectivity index (χ1v) is 2.84. The number of carboxylic acids is 1. The van der Waals surface area contributed by atoms with Crippen LogP contribution in [-0.4, -0.2) is 34.9 Å². The van der Waals surface area contributed by atoms with Gasteiger partial charge in [0.2, 0.25) is 0 Å². The fourth-order valence-electron chi connectivity index (χ4n) is 0.356. The Hall–Kier alpha value is -0.870. The van der Waals surface area contributed by atoms with E-state index in [-0.39, 0.29) is 12.1 Å². The molecule has 0 aromatic rings. The normalized spacial score (nSPS) is 12.2. The number of nitrogens with zero attached hydrogens (tertiary/aromatic N) is 1. The van der Waals surface area contributed by atoms with E-state index < -0.39 is 5.97 Å². The van der Waals surface area contributed by atoms with E-state index in [1.165, 1.54) is 20.0 Å². The second kappa shape index (κ2) is 4.03. The van der Waals surface area contributed by atoms with Crippen LogP contribution in [0.4, 0.5) is 0 Å². The molecule has 10 heavy (non-hydrogen) atoms. The lowest BCUT2D eigenvalue weighted by molar-refractivity contribution is -0.132. The summed E-state index contributed by atoms with van der Waals surface area (Å²) in [5.74, 6) is -0.957. The molecule has 0 amide bonds. The maximum absolute atomic E-state index is 10.1. The fraction of sp³-hybridized carbons (Fsp3) is 0.500. The molecule has 0 aromatic heterocycles. The maximum Gasteiger partial charge on any atom is 0.330 e. The van der Waals surface area contributed by atoms with Gasteiger partial charge in [-0.2, -0.15) is 5.06 Å². The number of carboxylic acid groups (broad SMARTS) is 1. The zero-order valence-electron chi connectivity index (χ0n) is 6.03. The minimum Gasteiger partial charge on any atom is -0.478 e. The number of likely N-dealkylation sites (N-methyl/N-ethyl adjacent to an activating group) is 1. The van der Waals surface area contributed by atoms with Crippen molar-refractivity contribution in [2.24, 2.45) is 0 Å². The molecule has 0 aromatic carbocycles. The molecule has 0 spiro atoms. The van der Waals surface area contributed by atoms with Crippen molar-refractivity contribution in [1.29, 1.82) is 0 Å². The van der Waals surface area contributed by atoms with Crippen LogP contribution in [0, 0.1) is 0 Å². The van der Waals surface area contributed by atoms with Gasteiger partial charge in [0, 0.05) is 19.2 Å². The van der Waals surface area contributed by atoms with Gasteiger partial charge >= 0.3 is 5.97 Å². The molecule has 0 atom stereocenters. The predicted molar refractivity (Wildman–Crippen MR) is 35.8 cm³/mol. The summed E-state index contributed by atoms with van der Waals surface area (Å²) in [5, 5.41) is 17.8. The predicted octanol–water partition coefficient (Wildman–Crippen LogP) is 0.338. The van der Waals surface area contributed by atoms with E-state index in [4.69, 9.17) is 10.3 Å². The maximum atomic E-state index is 10.1. The molecule has 0 bridgehead atoms. The number of aliphatic carboxylic acids is 1. The van der Waals surface area contributed by atoms with Crippen LogP contribution < -0.4 is 0 Å². The summed E-state index contributed by atoms with van der Waals surface area (Å²) in [7, 11) is 1.45. The molecule has 0 aliphatic carbocycles. The van der Waals surface area contributed by atoms with Crippen molar-refractivity contribution in [3.8, 4) is 0 Å². The Kier molecular flexibility index (Phi) is 3.68. The van der Waals surface area contributed by atoms with Crippen LogP contribution in [0.3, 0.4) is 0 Å². The van der Waals surface area contributed by atoms with Gasteiger partial charge in [0.05, 0.1) is 0 Å². The molecule has 0 aliphatic heterocycles. The second-order valence-corrected chi connectivity index (χ2v) is 2.03. The lowest BCUT2D eigenvalue weighted by Crippen LogP contribution is -2.13. The van der Waals surface area contributed by atoms with Crippen molar-refractivity contribution in [2.75, 3.05) is 13.6 Å². The Morgan fingerprint density at radius 1 is 1.70 bits per heavy atom. The van der Waals surface area contributed by atoms with Crippen LogP contribution in [0.5, 0.6) is 0 Å². The van der Waals surface area contributed by atoms with Gasteiger partial charge in [0.1, 0.15) is 0 Å². The van der Waals surface area contributed by atoms with E-state index in [9.17, 15) is 4.79 Å². The topological polar surface area (TPSA) is 60.8 Å². The Labute approximate surface area is 59.3 Å². The minimum absolute atomic E-state index is 0.234. The summed E-state index contributed by atoms with van der Waals surface area (Å²) in [6.07, 6.45) is 1.43. The quantitative estimate of drug-likeness (QED) is 0.444. The second-order valence-electron chi connectivity index (χ2n) is 2.03. The third-order valence-corrected chi connectivity index (χ3v) is 0.999. The van der Waals surface area contributed by atoms with Crippen molar-refractivity contribution < 1.29 is 15.1 Å². The Balaban J connectivity index is 3.81. The minimum atomic E-state index is -0.957. The smallest absolute Gasteiger partial charge is 0.330 e. The number of hydroxylamine groups is 2. The fourth-order valence-corrected chi connectivity index (χ4v) is 0.356. The highest BCUT2D eigenvalue weighted by atomic mass is 16.5. The molecule has 0 fully saturated rings. The Morgan fingerprint density at radius 3 is 2.50 bits per heavy atom. The summed E-state index contributed by atoms with van der Waals surface area (Å²) in [4.78, 5) is 10.1. The van der Waals surface area contributed by atoms with E-state index in [0.717, 1.165) is 5.06 Å². The number of rotatable bonds is 3. The summed E-state index contributed by atoms with van der Waals surface area (Å²) in [6.45, 7) is 1.71. The summed E-state index contributed by atoms with van der Waals surface area (Å²) in [5.41, 5.74) is 0.237. The average Bonchev–Trinajstić information content (AvgIpc) is 1.82. The van der Waals surface area contributed by atoms with Gasteiger partial charge in [-0.1, -0.05) is 6.08 Å². The largest absolute Gasteiger partial charge is 0.478 e. The molecule has 4 heteroatoms. The van der Waals surface area contributed by atoms with Crippen molar-refractivity contribution >= 4 is 5.97 Å². The standard InChI is InChI=1S/C6H11NO3/c1-5(6(8)9)3-4-7(2)10/h3,10H,4H2,1-2H3,(H,8,9)/b5-3-. The molecular weight excluding hydrogens is 134 g/mol. The third-order valence-electron chi connectivity index (χ3n) is 0.999. The zero-order valence-corrected chi connectivity index (χ0v) is 6.03. The third kappa shape index (κ3) is 4.05. The molecule has 0 heterocycles. The van der Waals surface area contributed by atoms with E-state index in [1.54, 1.807) is 0 Å². The van der Waals surface area contributed by atoms with Crippen LogP contribution in [-0.2, 0) is 4.79 Å². The van der Waals surface area contributed by atoms with Gasteiger partial charge in [-0.05, 0) is 6.92 Å². The number of carbonyl (C=O) groups is 1. The number of hydrogen-bond donors (Lipinski definition) is 2. The summed E-state index contributed by atoms with van der Waals surface area (Å²) >= 11 is 0. The van der Waals surface area contributed by atoms with E-state index in [1.807, 2.05) is 0 Å². The molecule has 0 saturated carbocycles. The zero-order chi connectivity index (χ0) is 8.15. The molecule has 0 saturated heterocycles. The van der Waals surface area contributed by atoms with Gasteiger partial charge < -0.3 is 10.3 Å². The van der Waals surface area contributed by atoms with E-state index >= 15 is 0 Å². The first kappa shape index (κ1) is 9.13. The molecule has 2 N–H and O–H groups in total. The molecule has 4 nitrogen and oxygen atoms in total. The molecule has 0 rings (SSSR count). The first-order valence-electron chi connectivity index (χ1n) is 2.84. The van der Waals surface area contributed by atoms with Crippen LogP contribution in [0.1, 0.15) is 6.92 Å². The molecular formula is C6H11NO3. The molecule has 58 valence electrons. The number of hydrogen-bond acceptors (Lipinski definition) is 3. The van der Waals surface area contributed by atoms with Gasteiger partial charge in [0.15, 0.2) is 0 Å². The van der Waals surface area contributed by atoms with Gasteiger partial charge in [-0.3, -0.25) is 0 Å². The summed E-state index contributed by atoms with van der Waals surface area (Å²) < 4.78 is 0. The monoisotopic (exact) mass is 145 g/mol. The van der Waals surface area contributed by atoms with Gasteiger partial charge in [-0.25, -0.2) is 4.79 Å².